The molecule has 42 heavy (non-hydrogen) atoms. The molecule has 0 saturated carbocycles. The Labute approximate surface area is 249 Å². The van der Waals surface area contributed by atoms with Crippen molar-refractivity contribution in [3.8, 4) is 22.9 Å². The summed E-state index contributed by atoms with van der Waals surface area (Å²) in [5.74, 6) is -0.302. The number of aromatic nitrogens is 2. The number of carbonyl (C=O) groups excluding carboxylic acids is 1. The summed E-state index contributed by atoms with van der Waals surface area (Å²) in [6, 6.07) is 19.8. The van der Waals surface area contributed by atoms with E-state index in [4.69, 9.17) is 14.5 Å². The van der Waals surface area contributed by atoms with Crippen LogP contribution in [0, 0.1) is 27.7 Å². The second-order valence-corrected chi connectivity index (χ2v) is 12.1. The second-order valence-electron chi connectivity index (χ2n) is 10.5. The number of hydrogen-bond acceptors (Lipinski definition) is 8. The zero-order chi connectivity index (χ0) is 29.9. The Balaban J connectivity index is 0.00000264. The van der Waals surface area contributed by atoms with Crippen LogP contribution in [0.15, 0.2) is 71.8 Å². The van der Waals surface area contributed by atoms with Gasteiger partial charge in [-0.05, 0) is 68.7 Å². The summed E-state index contributed by atoms with van der Waals surface area (Å²) >= 11 is 0. The molecule has 222 valence electrons. The van der Waals surface area contributed by atoms with Crippen molar-refractivity contribution in [3.05, 3.63) is 100 Å². The predicted molar refractivity (Wildman–Crippen MR) is 164 cm³/mol. The number of morpholine rings is 1. The Morgan fingerprint density at radius 3 is 2.31 bits per heavy atom. The Morgan fingerprint density at radius 2 is 1.64 bits per heavy atom. The summed E-state index contributed by atoms with van der Waals surface area (Å²) in [5, 5.41) is -0.245. The third kappa shape index (κ3) is 6.84. The van der Waals surface area contributed by atoms with Crippen molar-refractivity contribution in [3.63, 3.8) is 0 Å². The minimum absolute atomic E-state index is 0. The van der Waals surface area contributed by atoms with Crippen LogP contribution in [0.2, 0.25) is 0 Å². The molecule has 10 heteroatoms. The molecule has 2 aromatic heterocycles. The van der Waals surface area contributed by atoms with Crippen molar-refractivity contribution in [2.24, 2.45) is 0 Å². The van der Waals surface area contributed by atoms with Crippen LogP contribution in [-0.4, -0.2) is 55.5 Å². The molecule has 0 unspecified atom stereocenters. The Hall–Kier alpha value is -4.12. The quantitative estimate of drug-likeness (QED) is 0.282. The molecule has 1 saturated heterocycles. The van der Waals surface area contributed by atoms with Gasteiger partial charge < -0.3 is 9.47 Å². The van der Waals surface area contributed by atoms with E-state index in [9.17, 15) is 13.2 Å². The van der Waals surface area contributed by atoms with Gasteiger partial charge in [-0.3, -0.25) is 9.69 Å². The number of nitrogens with one attached hydrogen (secondary N) is 1. The summed E-state index contributed by atoms with van der Waals surface area (Å²) in [5.41, 5.74) is 5.92. The van der Waals surface area contributed by atoms with Gasteiger partial charge in [-0.1, -0.05) is 48.0 Å². The first-order valence-electron chi connectivity index (χ1n) is 13.8. The standard InChI is InChI=1S/C32H34N4O5S.2H2/c1-21-18-22(2)30(23(3)19-21)41-32-27(31(37)35-42(38,39)29-7-5-6-24(4)33-29)12-13-28(34-32)26-10-8-25(9-11-26)20-36-14-16-40-17-15-36;;/h5-13,18-19H,14-17,20H2,1-4H3,(H,35,37);2*1H. The normalized spacial score (nSPS) is 14.0. The van der Waals surface area contributed by atoms with Gasteiger partial charge >= 0.3 is 0 Å². The zero-order valence-corrected chi connectivity index (χ0v) is 25.0. The number of carbonyl (C=O) groups is 1. The van der Waals surface area contributed by atoms with Crippen molar-refractivity contribution >= 4 is 15.9 Å². The van der Waals surface area contributed by atoms with E-state index in [2.05, 4.69) is 26.7 Å². The maximum Gasteiger partial charge on any atom is 0.281 e. The van der Waals surface area contributed by atoms with Crippen LogP contribution < -0.4 is 9.46 Å². The van der Waals surface area contributed by atoms with E-state index in [1.807, 2.05) is 45.0 Å². The lowest BCUT2D eigenvalue weighted by Gasteiger charge is -2.26. The molecule has 1 aliphatic rings. The Bertz CT molecular complexity index is 1700. The van der Waals surface area contributed by atoms with Crippen molar-refractivity contribution < 1.29 is 25.5 Å². The fraction of sp³-hybridized carbons (Fsp3) is 0.281. The van der Waals surface area contributed by atoms with E-state index in [1.165, 1.54) is 17.7 Å². The number of benzene rings is 2. The number of rotatable bonds is 8. The largest absolute Gasteiger partial charge is 0.438 e. The smallest absolute Gasteiger partial charge is 0.281 e. The topological polar surface area (TPSA) is 111 Å². The van der Waals surface area contributed by atoms with E-state index < -0.39 is 15.9 Å². The first-order chi connectivity index (χ1) is 20.1. The molecule has 3 heterocycles. The lowest BCUT2D eigenvalue weighted by molar-refractivity contribution is 0.0342. The second kappa shape index (κ2) is 12.4. The molecular formula is C32H38N4O5S. The Kier molecular flexibility index (Phi) is 8.67. The van der Waals surface area contributed by atoms with Crippen LogP contribution in [-0.2, 0) is 21.3 Å². The van der Waals surface area contributed by atoms with Crippen LogP contribution in [0.5, 0.6) is 11.6 Å². The summed E-state index contributed by atoms with van der Waals surface area (Å²) in [6.45, 7) is 11.6. The fourth-order valence-electron chi connectivity index (χ4n) is 4.97. The number of aryl methyl sites for hydroxylation is 4. The molecule has 1 fully saturated rings. The molecule has 1 amide bonds. The summed E-state index contributed by atoms with van der Waals surface area (Å²) < 4.78 is 39.8. The highest BCUT2D eigenvalue weighted by atomic mass is 32.2. The predicted octanol–water partition coefficient (Wildman–Crippen LogP) is 5.61. The molecule has 2 aromatic carbocycles. The summed E-state index contributed by atoms with van der Waals surface area (Å²) in [4.78, 5) is 24.5. The molecular weight excluding hydrogens is 552 g/mol. The fourth-order valence-corrected chi connectivity index (χ4v) is 5.95. The third-order valence-corrected chi connectivity index (χ3v) is 8.27. The minimum Gasteiger partial charge on any atom is -0.438 e. The van der Waals surface area contributed by atoms with Gasteiger partial charge in [-0.15, -0.1) is 0 Å². The maximum absolute atomic E-state index is 13.4. The number of amides is 1. The van der Waals surface area contributed by atoms with Gasteiger partial charge in [0.25, 0.3) is 15.9 Å². The van der Waals surface area contributed by atoms with Gasteiger partial charge in [0.1, 0.15) is 11.3 Å². The van der Waals surface area contributed by atoms with Gasteiger partial charge in [0.2, 0.25) is 5.88 Å². The molecule has 0 aliphatic carbocycles. The molecule has 1 aliphatic heterocycles. The van der Waals surface area contributed by atoms with Gasteiger partial charge in [-0.25, -0.2) is 14.7 Å². The summed E-state index contributed by atoms with van der Waals surface area (Å²) in [7, 11) is -4.23. The molecule has 0 radical (unpaired) electrons. The molecule has 5 rings (SSSR count). The molecule has 0 atom stereocenters. The van der Waals surface area contributed by atoms with Crippen molar-refractivity contribution in [2.75, 3.05) is 26.3 Å². The van der Waals surface area contributed by atoms with E-state index >= 15 is 0 Å². The molecule has 4 aromatic rings. The monoisotopic (exact) mass is 590 g/mol. The van der Waals surface area contributed by atoms with Crippen LogP contribution >= 0.6 is 0 Å². The van der Waals surface area contributed by atoms with E-state index in [-0.39, 0.29) is 19.3 Å². The van der Waals surface area contributed by atoms with Crippen LogP contribution in [0.3, 0.4) is 0 Å². The van der Waals surface area contributed by atoms with Gasteiger partial charge in [-0.2, -0.15) is 8.42 Å². The van der Waals surface area contributed by atoms with Crippen LogP contribution in [0.25, 0.3) is 11.3 Å². The van der Waals surface area contributed by atoms with Gasteiger partial charge in [0.05, 0.1) is 18.9 Å². The number of hydrogen-bond donors (Lipinski definition) is 1. The number of pyridine rings is 2. The lowest BCUT2D eigenvalue weighted by atomic mass is 10.1. The highest BCUT2D eigenvalue weighted by Crippen LogP contribution is 2.33. The average molecular weight is 591 g/mol. The Morgan fingerprint density at radius 1 is 0.952 bits per heavy atom. The number of nitrogens with zero attached hydrogens (tertiary/aromatic N) is 3. The van der Waals surface area contributed by atoms with Crippen molar-refractivity contribution in [2.45, 2.75) is 39.3 Å². The molecule has 0 bridgehead atoms. The first kappa shape index (κ1) is 29.4. The van der Waals surface area contributed by atoms with Crippen molar-refractivity contribution in [1.29, 1.82) is 0 Å². The number of sulfonamides is 1. The molecule has 9 nitrogen and oxygen atoms in total. The average Bonchev–Trinajstić information content (AvgIpc) is 2.95. The molecule has 1 N–H and O–H groups in total. The summed E-state index contributed by atoms with van der Waals surface area (Å²) in [6.07, 6.45) is 0. The van der Waals surface area contributed by atoms with Gasteiger partial charge in [0, 0.05) is 33.7 Å². The minimum atomic E-state index is -4.23. The van der Waals surface area contributed by atoms with Crippen LogP contribution in [0.1, 0.15) is 41.2 Å². The highest BCUT2D eigenvalue weighted by molar-refractivity contribution is 7.90. The first-order valence-corrected chi connectivity index (χ1v) is 15.2. The van der Waals surface area contributed by atoms with Crippen LogP contribution in [0.4, 0.5) is 0 Å². The molecule has 0 spiro atoms. The third-order valence-electron chi connectivity index (χ3n) is 7.03. The lowest BCUT2D eigenvalue weighted by Crippen LogP contribution is -2.35. The van der Waals surface area contributed by atoms with Gasteiger partial charge in [0.15, 0.2) is 5.03 Å². The van der Waals surface area contributed by atoms with E-state index in [1.54, 1.807) is 25.1 Å². The maximum atomic E-state index is 13.4. The highest BCUT2D eigenvalue weighted by Gasteiger charge is 2.25. The van der Waals surface area contributed by atoms with Crippen molar-refractivity contribution in [1.82, 2.24) is 19.6 Å². The van der Waals surface area contributed by atoms with E-state index in [0.29, 0.717) is 17.1 Å². The SMILES string of the molecule is Cc1cc(C)c(Oc2nc(-c3ccc(CN4CCOCC4)cc3)ccc2C(=O)NS(=O)(=O)c2cccc(C)n2)c(C)c1.[HH].[HH]. The number of ether oxygens (including phenoxy) is 2. The zero-order valence-electron chi connectivity index (χ0n) is 24.2. The van der Waals surface area contributed by atoms with E-state index in [0.717, 1.165) is 55.1 Å².